The van der Waals surface area contributed by atoms with E-state index in [-0.39, 0.29) is 18.8 Å². The van der Waals surface area contributed by atoms with Gasteiger partial charge in [0.2, 0.25) is 0 Å². The Hall–Kier alpha value is -1.06. The van der Waals surface area contributed by atoms with E-state index in [4.69, 9.17) is 9.84 Å². The fraction of sp³-hybridized carbons (Fsp3) is 0.500. The van der Waals surface area contributed by atoms with Crippen LogP contribution in [0.25, 0.3) is 0 Å². The molecule has 0 aromatic heterocycles. The monoisotopic (exact) mass is 209 g/mol. The first kappa shape index (κ1) is 12.0. The van der Waals surface area contributed by atoms with Crippen molar-refractivity contribution in [3.63, 3.8) is 0 Å². The van der Waals surface area contributed by atoms with Gasteiger partial charge in [0, 0.05) is 0 Å². The summed E-state index contributed by atoms with van der Waals surface area (Å²) in [4.78, 5) is 0. The van der Waals surface area contributed by atoms with Gasteiger partial charge in [-0.2, -0.15) is 0 Å². The zero-order chi connectivity index (χ0) is 11.3. The fourth-order valence-electron chi connectivity index (χ4n) is 1.44. The minimum absolute atomic E-state index is 0.0271. The van der Waals surface area contributed by atoms with Crippen LogP contribution in [-0.4, -0.2) is 24.9 Å². The molecule has 1 rings (SSSR count). The molecular weight excluding hydrogens is 190 g/mol. The second-order valence-electron chi connectivity index (χ2n) is 3.76. The van der Waals surface area contributed by atoms with Gasteiger partial charge in [0.25, 0.3) is 0 Å². The molecule has 0 bridgehead atoms. The molecule has 1 unspecified atom stereocenters. The van der Waals surface area contributed by atoms with Gasteiger partial charge >= 0.3 is 0 Å². The summed E-state index contributed by atoms with van der Waals surface area (Å²) in [5, 5.41) is 12.2. The van der Waals surface area contributed by atoms with Crippen molar-refractivity contribution in [3.8, 4) is 5.75 Å². The van der Waals surface area contributed by atoms with Crippen molar-refractivity contribution in [3.05, 3.63) is 29.8 Å². The van der Waals surface area contributed by atoms with Gasteiger partial charge in [0.1, 0.15) is 5.75 Å². The average molecular weight is 209 g/mol. The van der Waals surface area contributed by atoms with E-state index >= 15 is 0 Å². The SMILES string of the molecule is CNC(CO)c1cccc(OC(C)C)c1. The molecule has 84 valence electrons. The van der Waals surface area contributed by atoms with Crippen molar-refractivity contribution >= 4 is 0 Å². The van der Waals surface area contributed by atoms with Gasteiger partial charge in [-0.15, -0.1) is 0 Å². The van der Waals surface area contributed by atoms with E-state index in [9.17, 15) is 0 Å². The van der Waals surface area contributed by atoms with Crippen LogP contribution >= 0.6 is 0 Å². The number of hydrogen-bond donors (Lipinski definition) is 2. The topological polar surface area (TPSA) is 41.5 Å². The molecule has 0 saturated heterocycles. The van der Waals surface area contributed by atoms with Crippen LogP contribution in [-0.2, 0) is 0 Å². The van der Waals surface area contributed by atoms with Crippen LogP contribution in [0.15, 0.2) is 24.3 Å². The maximum Gasteiger partial charge on any atom is 0.120 e. The second-order valence-corrected chi connectivity index (χ2v) is 3.76. The van der Waals surface area contributed by atoms with Crippen LogP contribution in [0.3, 0.4) is 0 Å². The molecule has 0 aliphatic carbocycles. The fourth-order valence-corrected chi connectivity index (χ4v) is 1.44. The largest absolute Gasteiger partial charge is 0.491 e. The Balaban J connectivity index is 2.81. The predicted octanol–water partition coefficient (Wildman–Crippen LogP) is 1.73. The Bertz CT molecular complexity index is 295. The van der Waals surface area contributed by atoms with E-state index in [0.29, 0.717) is 0 Å². The number of ether oxygens (including phenoxy) is 1. The lowest BCUT2D eigenvalue weighted by Crippen LogP contribution is -2.20. The number of benzene rings is 1. The number of likely N-dealkylation sites (N-methyl/N-ethyl adjacent to an activating group) is 1. The number of aliphatic hydroxyl groups excluding tert-OH is 1. The lowest BCUT2D eigenvalue weighted by molar-refractivity contribution is 0.239. The van der Waals surface area contributed by atoms with E-state index < -0.39 is 0 Å². The summed E-state index contributed by atoms with van der Waals surface area (Å²) in [6.07, 6.45) is 0.169. The van der Waals surface area contributed by atoms with E-state index in [1.165, 1.54) is 0 Å². The van der Waals surface area contributed by atoms with Crippen LogP contribution < -0.4 is 10.1 Å². The molecule has 2 N–H and O–H groups in total. The summed E-state index contributed by atoms with van der Waals surface area (Å²) in [6.45, 7) is 4.07. The predicted molar refractivity (Wildman–Crippen MR) is 61.1 cm³/mol. The molecule has 0 amide bonds. The molecule has 0 saturated carbocycles. The number of hydrogen-bond acceptors (Lipinski definition) is 3. The van der Waals surface area contributed by atoms with Crippen molar-refractivity contribution in [1.29, 1.82) is 0 Å². The van der Waals surface area contributed by atoms with Gasteiger partial charge in [0.15, 0.2) is 0 Å². The second kappa shape index (κ2) is 5.73. The lowest BCUT2D eigenvalue weighted by Gasteiger charge is -2.16. The zero-order valence-electron chi connectivity index (χ0n) is 9.53. The molecule has 3 nitrogen and oxygen atoms in total. The highest BCUT2D eigenvalue weighted by Crippen LogP contribution is 2.19. The van der Waals surface area contributed by atoms with Gasteiger partial charge in [-0.25, -0.2) is 0 Å². The normalized spacial score (nSPS) is 12.9. The molecule has 0 radical (unpaired) electrons. The van der Waals surface area contributed by atoms with Crippen molar-refractivity contribution in [2.45, 2.75) is 26.0 Å². The molecular formula is C12H19NO2. The first-order chi connectivity index (χ1) is 7.17. The van der Waals surface area contributed by atoms with E-state index in [1.807, 2.05) is 45.2 Å². The molecule has 15 heavy (non-hydrogen) atoms. The van der Waals surface area contributed by atoms with Crippen LogP contribution in [0, 0.1) is 0 Å². The summed E-state index contributed by atoms with van der Waals surface area (Å²) in [6, 6.07) is 7.77. The minimum Gasteiger partial charge on any atom is -0.491 e. The standard InChI is InChI=1S/C12H19NO2/c1-9(2)15-11-6-4-5-10(7-11)12(8-14)13-3/h4-7,9,12-14H,8H2,1-3H3. The minimum atomic E-state index is -0.0271. The van der Waals surface area contributed by atoms with Gasteiger partial charge in [-0.05, 0) is 38.6 Å². The number of rotatable bonds is 5. The highest BCUT2D eigenvalue weighted by atomic mass is 16.5. The molecule has 0 aliphatic rings. The summed E-state index contributed by atoms with van der Waals surface area (Å²) < 4.78 is 5.58. The van der Waals surface area contributed by atoms with Gasteiger partial charge in [0.05, 0.1) is 18.8 Å². The van der Waals surface area contributed by atoms with Crippen LogP contribution in [0.5, 0.6) is 5.75 Å². The highest BCUT2D eigenvalue weighted by molar-refractivity contribution is 5.30. The van der Waals surface area contributed by atoms with Crippen molar-refractivity contribution in [2.24, 2.45) is 0 Å². The first-order valence-corrected chi connectivity index (χ1v) is 5.22. The van der Waals surface area contributed by atoms with Crippen molar-refractivity contribution < 1.29 is 9.84 Å². The quantitative estimate of drug-likeness (QED) is 0.776. The Morgan fingerprint density at radius 2 is 2.13 bits per heavy atom. The smallest absolute Gasteiger partial charge is 0.120 e. The maximum atomic E-state index is 9.15. The van der Waals surface area contributed by atoms with Gasteiger partial charge in [-0.1, -0.05) is 12.1 Å². The number of nitrogens with one attached hydrogen (secondary N) is 1. The Kier molecular flexibility index (Phi) is 4.59. The Labute approximate surface area is 91.1 Å². The molecule has 0 heterocycles. The maximum absolute atomic E-state index is 9.15. The van der Waals surface area contributed by atoms with Crippen molar-refractivity contribution in [1.82, 2.24) is 5.32 Å². The van der Waals surface area contributed by atoms with E-state index in [0.717, 1.165) is 11.3 Å². The molecule has 1 aromatic carbocycles. The Morgan fingerprint density at radius 3 is 2.67 bits per heavy atom. The van der Waals surface area contributed by atoms with Crippen LogP contribution in [0.1, 0.15) is 25.5 Å². The molecule has 0 fully saturated rings. The van der Waals surface area contributed by atoms with E-state index in [1.54, 1.807) is 0 Å². The first-order valence-electron chi connectivity index (χ1n) is 5.22. The van der Waals surface area contributed by atoms with Gasteiger partial charge < -0.3 is 15.2 Å². The molecule has 1 aromatic rings. The highest BCUT2D eigenvalue weighted by Gasteiger charge is 2.08. The molecule has 0 aliphatic heterocycles. The summed E-state index contributed by atoms with van der Waals surface area (Å²) in [5.41, 5.74) is 1.04. The summed E-state index contributed by atoms with van der Waals surface area (Å²) in [7, 11) is 1.83. The lowest BCUT2D eigenvalue weighted by atomic mass is 10.1. The van der Waals surface area contributed by atoms with Crippen LogP contribution in [0.2, 0.25) is 0 Å². The zero-order valence-corrected chi connectivity index (χ0v) is 9.53. The van der Waals surface area contributed by atoms with Crippen molar-refractivity contribution in [2.75, 3.05) is 13.7 Å². The average Bonchev–Trinajstić information content (AvgIpc) is 2.19. The third kappa shape index (κ3) is 3.53. The number of aliphatic hydroxyl groups is 1. The van der Waals surface area contributed by atoms with Crippen LogP contribution in [0.4, 0.5) is 0 Å². The van der Waals surface area contributed by atoms with Gasteiger partial charge in [-0.3, -0.25) is 0 Å². The molecule has 0 spiro atoms. The summed E-state index contributed by atoms with van der Waals surface area (Å²) in [5.74, 6) is 0.844. The molecule has 1 atom stereocenters. The summed E-state index contributed by atoms with van der Waals surface area (Å²) >= 11 is 0. The third-order valence-electron chi connectivity index (χ3n) is 2.16. The molecule has 3 heteroatoms. The third-order valence-corrected chi connectivity index (χ3v) is 2.16. The Morgan fingerprint density at radius 1 is 1.40 bits per heavy atom. The van der Waals surface area contributed by atoms with E-state index in [2.05, 4.69) is 5.32 Å².